The van der Waals surface area contributed by atoms with Gasteiger partial charge in [0, 0.05) is 45.5 Å². The predicted octanol–water partition coefficient (Wildman–Crippen LogP) is 3.23. The maximum Gasteiger partial charge on any atom is 0.416 e. The number of likely N-dealkylation sites (N-methyl/N-ethyl adjacent to an activating group) is 1. The number of benzene rings is 2. The van der Waals surface area contributed by atoms with Crippen LogP contribution >= 0.6 is 0 Å². The van der Waals surface area contributed by atoms with E-state index in [0.717, 1.165) is 6.07 Å². The molecule has 0 bridgehead atoms. The minimum atomic E-state index is -4.72. The number of amides is 2. The van der Waals surface area contributed by atoms with E-state index in [1.165, 1.54) is 46.6 Å². The molecule has 2 heterocycles. The van der Waals surface area contributed by atoms with E-state index in [1.54, 1.807) is 25.1 Å². The Hall–Kier alpha value is -3.42. The third-order valence-electron chi connectivity index (χ3n) is 6.74. The number of hydrogen-bond acceptors (Lipinski definition) is 6. The highest BCUT2D eigenvalue weighted by Crippen LogP contribution is 2.39. The molecule has 2 aliphatic rings. The fraction of sp³-hybridized carbons (Fsp3) is 0.385. The van der Waals surface area contributed by atoms with Crippen LogP contribution in [0.25, 0.3) is 0 Å². The van der Waals surface area contributed by atoms with Gasteiger partial charge in [-0.05, 0) is 30.7 Å². The lowest BCUT2D eigenvalue weighted by molar-refractivity contribution is -0.141. The minimum absolute atomic E-state index is 0.0169. The van der Waals surface area contributed by atoms with Crippen LogP contribution < -0.4 is 5.32 Å². The highest BCUT2D eigenvalue weighted by Gasteiger charge is 2.42. The van der Waals surface area contributed by atoms with Crippen molar-refractivity contribution < 1.29 is 35.9 Å². The van der Waals surface area contributed by atoms with Gasteiger partial charge in [-0.15, -0.1) is 0 Å². The summed E-state index contributed by atoms with van der Waals surface area (Å²) < 4.78 is 74.1. The number of rotatable bonds is 7. The summed E-state index contributed by atoms with van der Waals surface area (Å²) in [5.41, 5.74) is -1.15. The van der Waals surface area contributed by atoms with E-state index in [4.69, 9.17) is 4.74 Å². The number of esters is 1. The van der Waals surface area contributed by atoms with Crippen LogP contribution in [0.4, 0.5) is 18.0 Å². The Morgan fingerprint density at radius 1 is 1.03 bits per heavy atom. The van der Waals surface area contributed by atoms with Gasteiger partial charge in [0.15, 0.2) is 0 Å². The number of nitrogens with one attached hydrogen (secondary N) is 1. The van der Waals surface area contributed by atoms with Gasteiger partial charge in [-0.3, -0.25) is 9.80 Å². The van der Waals surface area contributed by atoms with E-state index in [2.05, 4.69) is 5.32 Å². The molecule has 9 nitrogen and oxygen atoms in total. The zero-order valence-corrected chi connectivity index (χ0v) is 22.3. The van der Waals surface area contributed by atoms with Gasteiger partial charge in [0.2, 0.25) is 10.0 Å². The van der Waals surface area contributed by atoms with Crippen molar-refractivity contribution in [3.8, 4) is 0 Å². The molecule has 2 amide bonds. The van der Waals surface area contributed by atoms with Crippen LogP contribution in [0.5, 0.6) is 0 Å². The molecule has 2 aliphatic heterocycles. The van der Waals surface area contributed by atoms with Crippen LogP contribution in [0, 0.1) is 0 Å². The number of carbonyl (C=O) groups is 2. The molecule has 2 aromatic carbocycles. The first kappa shape index (κ1) is 28.6. The second-order valence-corrected chi connectivity index (χ2v) is 11.0. The van der Waals surface area contributed by atoms with Crippen LogP contribution in [0.15, 0.2) is 70.8 Å². The summed E-state index contributed by atoms with van der Waals surface area (Å²) in [6.07, 6.45) is -4.72. The van der Waals surface area contributed by atoms with E-state index < -0.39 is 39.8 Å². The molecule has 39 heavy (non-hydrogen) atoms. The maximum atomic E-state index is 13.9. The van der Waals surface area contributed by atoms with Crippen LogP contribution in [-0.2, 0) is 25.7 Å². The van der Waals surface area contributed by atoms with Crippen molar-refractivity contribution in [3.05, 3.63) is 77.0 Å². The first-order chi connectivity index (χ1) is 18.4. The smallest absolute Gasteiger partial charge is 0.416 e. The van der Waals surface area contributed by atoms with Crippen molar-refractivity contribution in [3.63, 3.8) is 0 Å². The van der Waals surface area contributed by atoms with Gasteiger partial charge < -0.3 is 10.1 Å². The number of ether oxygens (including phenoxy) is 1. The van der Waals surface area contributed by atoms with E-state index in [1.807, 2.05) is 4.90 Å². The molecule has 1 N–H and O–H groups in total. The number of hydrogen-bond donors (Lipinski definition) is 1. The number of piperazine rings is 1. The Morgan fingerprint density at radius 2 is 1.64 bits per heavy atom. The summed E-state index contributed by atoms with van der Waals surface area (Å²) in [5.74, 6) is -0.841. The van der Waals surface area contributed by atoms with Crippen LogP contribution in [0.2, 0.25) is 0 Å². The molecule has 4 rings (SSSR count). The quantitative estimate of drug-likeness (QED) is 0.517. The van der Waals surface area contributed by atoms with Gasteiger partial charge in [-0.2, -0.15) is 17.5 Å². The first-order valence-corrected chi connectivity index (χ1v) is 13.8. The Morgan fingerprint density at radius 3 is 2.26 bits per heavy atom. The van der Waals surface area contributed by atoms with Crippen LogP contribution in [0.3, 0.4) is 0 Å². The van der Waals surface area contributed by atoms with E-state index in [0.29, 0.717) is 0 Å². The molecular weight excluding hydrogens is 537 g/mol. The summed E-state index contributed by atoms with van der Waals surface area (Å²) in [7, 11) is -2.27. The van der Waals surface area contributed by atoms with Crippen molar-refractivity contribution in [2.45, 2.75) is 24.0 Å². The van der Waals surface area contributed by atoms with Crippen molar-refractivity contribution in [1.82, 2.24) is 19.4 Å². The Balaban J connectivity index is 1.66. The number of carbonyl (C=O) groups excluding carboxylic acids is 2. The average molecular weight is 567 g/mol. The lowest BCUT2D eigenvalue weighted by atomic mass is 9.90. The molecule has 210 valence electrons. The van der Waals surface area contributed by atoms with Gasteiger partial charge in [0.05, 0.1) is 28.7 Å². The molecule has 2 aromatic rings. The largest absolute Gasteiger partial charge is 0.463 e. The van der Waals surface area contributed by atoms with Crippen molar-refractivity contribution in [2.24, 2.45) is 0 Å². The molecule has 0 radical (unpaired) electrons. The second-order valence-electron chi connectivity index (χ2n) is 9.10. The summed E-state index contributed by atoms with van der Waals surface area (Å²) >= 11 is 0. The molecule has 0 saturated carbocycles. The fourth-order valence-corrected chi connectivity index (χ4v) is 6.16. The lowest BCUT2D eigenvalue weighted by Crippen LogP contribution is -2.53. The van der Waals surface area contributed by atoms with Gasteiger partial charge in [0.1, 0.15) is 0 Å². The SMILES string of the molecule is CCOC(=O)C1=C(CN2CCN(S(=O)(=O)c3ccccc3)CC2)N(C)C(=O)NC1c1ccccc1C(F)(F)F. The fourth-order valence-electron chi connectivity index (χ4n) is 4.72. The van der Waals surface area contributed by atoms with Gasteiger partial charge in [-0.25, -0.2) is 18.0 Å². The van der Waals surface area contributed by atoms with E-state index in [-0.39, 0.29) is 61.1 Å². The summed E-state index contributed by atoms with van der Waals surface area (Å²) in [5, 5.41) is 2.52. The normalized spacial score (nSPS) is 19.7. The monoisotopic (exact) mass is 566 g/mol. The van der Waals surface area contributed by atoms with Gasteiger partial charge in [0.25, 0.3) is 0 Å². The van der Waals surface area contributed by atoms with Crippen molar-refractivity contribution in [1.29, 1.82) is 0 Å². The van der Waals surface area contributed by atoms with E-state index >= 15 is 0 Å². The molecule has 0 spiro atoms. The summed E-state index contributed by atoms with van der Waals surface area (Å²) in [6.45, 7) is 2.48. The molecule has 1 atom stereocenters. The third kappa shape index (κ3) is 5.94. The number of urea groups is 1. The van der Waals surface area contributed by atoms with E-state index in [9.17, 15) is 31.2 Å². The second kappa shape index (κ2) is 11.4. The molecule has 13 heteroatoms. The van der Waals surface area contributed by atoms with Crippen LogP contribution in [0.1, 0.15) is 24.1 Å². The Labute approximate surface area is 224 Å². The van der Waals surface area contributed by atoms with Crippen molar-refractivity contribution >= 4 is 22.0 Å². The average Bonchev–Trinajstić information content (AvgIpc) is 2.91. The zero-order valence-electron chi connectivity index (χ0n) is 21.4. The molecule has 0 aliphatic carbocycles. The Bertz CT molecular complexity index is 1360. The van der Waals surface area contributed by atoms with Crippen molar-refractivity contribution in [2.75, 3.05) is 46.4 Å². The number of nitrogens with zero attached hydrogens (tertiary/aromatic N) is 3. The minimum Gasteiger partial charge on any atom is -0.463 e. The molecular formula is C26H29F3N4O5S. The standard InChI is InChI=1S/C26H29F3N4O5S/c1-3-38-24(34)22-21(17-32-13-15-33(16-14-32)39(36,37)18-9-5-4-6-10-18)31(2)25(35)30-23(22)19-11-7-8-12-20(19)26(27,28)29/h4-12,23H,3,13-17H2,1-2H3,(H,30,35). The topological polar surface area (TPSA) is 99.3 Å². The highest BCUT2D eigenvalue weighted by molar-refractivity contribution is 7.89. The van der Waals surface area contributed by atoms with Gasteiger partial charge >= 0.3 is 18.2 Å². The highest BCUT2D eigenvalue weighted by atomic mass is 32.2. The summed E-state index contributed by atoms with van der Waals surface area (Å²) in [4.78, 5) is 29.3. The third-order valence-corrected chi connectivity index (χ3v) is 8.65. The molecule has 1 unspecified atom stereocenters. The van der Waals surface area contributed by atoms with Gasteiger partial charge in [-0.1, -0.05) is 36.4 Å². The zero-order chi connectivity index (χ0) is 28.4. The number of halogens is 3. The Kier molecular flexibility index (Phi) is 8.33. The number of sulfonamides is 1. The predicted molar refractivity (Wildman–Crippen MR) is 136 cm³/mol. The lowest BCUT2D eigenvalue weighted by Gasteiger charge is -2.39. The maximum absolute atomic E-state index is 13.9. The van der Waals surface area contributed by atoms with Crippen LogP contribution in [-0.4, -0.2) is 80.9 Å². The number of alkyl halides is 3. The molecule has 0 aromatic heterocycles. The molecule has 1 fully saturated rings. The first-order valence-electron chi connectivity index (χ1n) is 12.3. The molecule has 1 saturated heterocycles. The summed E-state index contributed by atoms with van der Waals surface area (Å²) in [6, 6.07) is 10.8.